The summed E-state index contributed by atoms with van der Waals surface area (Å²) in [6, 6.07) is 2.75. The van der Waals surface area contributed by atoms with Crippen molar-refractivity contribution in [1.29, 1.82) is 0 Å². The van der Waals surface area contributed by atoms with Gasteiger partial charge in [0.05, 0.1) is 21.2 Å². The molecule has 0 aliphatic carbocycles. The second kappa shape index (κ2) is 5.22. The molecule has 0 bridgehead atoms. The molecule has 0 fully saturated rings. The number of thiophene rings is 1. The van der Waals surface area contributed by atoms with Gasteiger partial charge in [0.25, 0.3) is 10.0 Å². The molecule has 0 atom stereocenters. The van der Waals surface area contributed by atoms with E-state index in [1.54, 1.807) is 0 Å². The number of sulfonamides is 1. The van der Waals surface area contributed by atoms with E-state index in [0.717, 1.165) is 11.3 Å². The lowest BCUT2D eigenvalue weighted by Crippen LogP contribution is -2.13. The zero-order valence-electron chi connectivity index (χ0n) is 8.52. The van der Waals surface area contributed by atoms with Gasteiger partial charge in [-0.05, 0) is 12.1 Å². The summed E-state index contributed by atoms with van der Waals surface area (Å²) in [6.45, 7) is 0. The number of nitrogens with one attached hydrogen (secondary N) is 1. The summed E-state index contributed by atoms with van der Waals surface area (Å²) >= 11 is 18.3. The smallest absolute Gasteiger partial charge is 0.264 e. The predicted octanol–water partition coefficient (Wildman–Crippen LogP) is 3.90. The van der Waals surface area contributed by atoms with E-state index >= 15 is 0 Å². The Morgan fingerprint density at radius 1 is 1.28 bits per heavy atom. The number of nitrogens with zero attached hydrogens (tertiary/aromatic N) is 1. The molecular formula is C9H5Cl3N2O2S2. The lowest BCUT2D eigenvalue weighted by atomic mass is 10.4. The highest BCUT2D eigenvalue weighted by Gasteiger charge is 2.21. The van der Waals surface area contributed by atoms with E-state index < -0.39 is 10.0 Å². The van der Waals surface area contributed by atoms with Crippen molar-refractivity contribution >= 4 is 61.9 Å². The largest absolute Gasteiger partial charge is 0.276 e. The van der Waals surface area contributed by atoms with Gasteiger partial charge in [-0.1, -0.05) is 34.8 Å². The normalized spacial score (nSPS) is 11.5. The molecule has 0 aliphatic heterocycles. The van der Waals surface area contributed by atoms with Crippen LogP contribution in [0.4, 0.5) is 5.69 Å². The Morgan fingerprint density at radius 2 is 2.00 bits per heavy atom. The van der Waals surface area contributed by atoms with E-state index in [-0.39, 0.29) is 24.3 Å². The summed E-state index contributed by atoms with van der Waals surface area (Å²) in [6.07, 6.45) is 2.76. The number of halogens is 3. The fourth-order valence-corrected chi connectivity index (χ4v) is 4.58. The highest BCUT2D eigenvalue weighted by Crippen LogP contribution is 2.35. The molecule has 2 aromatic heterocycles. The van der Waals surface area contributed by atoms with Gasteiger partial charge in [0.1, 0.15) is 9.23 Å². The number of rotatable bonds is 3. The van der Waals surface area contributed by atoms with Crippen LogP contribution < -0.4 is 4.72 Å². The van der Waals surface area contributed by atoms with Crippen molar-refractivity contribution in [1.82, 2.24) is 4.98 Å². The first-order valence-corrected chi connectivity index (χ1v) is 7.90. The van der Waals surface area contributed by atoms with E-state index in [9.17, 15) is 8.42 Å². The van der Waals surface area contributed by atoms with Crippen LogP contribution in [-0.4, -0.2) is 13.4 Å². The van der Waals surface area contributed by atoms with Crippen LogP contribution in [-0.2, 0) is 10.0 Å². The molecule has 0 spiro atoms. The zero-order chi connectivity index (χ0) is 13.3. The summed E-state index contributed by atoms with van der Waals surface area (Å²) in [5.74, 6) is 0. The second-order valence-corrected chi connectivity index (χ2v) is 7.49. The average Bonchev–Trinajstić information content (AvgIpc) is 2.62. The van der Waals surface area contributed by atoms with Crippen molar-refractivity contribution in [2.45, 2.75) is 4.90 Å². The minimum absolute atomic E-state index is 0.0842. The Morgan fingerprint density at radius 3 is 2.56 bits per heavy atom. The van der Waals surface area contributed by atoms with Crippen molar-refractivity contribution in [3.8, 4) is 0 Å². The fourth-order valence-electron chi connectivity index (χ4n) is 1.16. The van der Waals surface area contributed by atoms with Crippen LogP contribution in [0.15, 0.2) is 29.4 Å². The van der Waals surface area contributed by atoms with Gasteiger partial charge in [-0.25, -0.2) is 8.42 Å². The lowest BCUT2D eigenvalue weighted by molar-refractivity contribution is 0.601. The number of anilines is 1. The molecule has 18 heavy (non-hydrogen) atoms. The molecule has 0 aliphatic rings. The van der Waals surface area contributed by atoms with Gasteiger partial charge in [-0.15, -0.1) is 11.3 Å². The van der Waals surface area contributed by atoms with Gasteiger partial charge in [-0.3, -0.25) is 9.71 Å². The molecule has 1 N–H and O–H groups in total. The van der Waals surface area contributed by atoms with E-state index in [1.165, 1.54) is 24.5 Å². The summed E-state index contributed by atoms with van der Waals surface area (Å²) in [5.41, 5.74) is 0.178. The molecule has 9 heteroatoms. The monoisotopic (exact) mass is 342 g/mol. The molecule has 2 heterocycles. The standard InChI is InChI=1S/C9H5Cl3N2O2S2/c10-5-1-2-13-4-6(5)14-18(15,16)7-3-8(11)17-9(7)12/h1-4,14H. The van der Waals surface area contributed by atoms with E-state index in [1.807, 2.05) is 0 Å². The molecule has 0 unspecified atom stereocenters. The van der Waals surface area contributed by atoms with Crippen molar-refractivity contribution in [3.05, 3.63) is 38.2 Å². The van der Waals surface area contributed by atoms with Gasteiger partial charge in [0.15, 0.2) is 0 Å². The fraction of sp³-hybridized carbons (Fsp3) is 0. The molecule has 2 rings (SSSR count). The van der Waals surface area contributed by atoms with Crippen LogP contribution in [0.3, 0.4) is 0 Å². The first-order chi connectivity index (χ1) is 8.40. The first kappa shape index (κ1) is 13.9. The predicted molar refractivity (Wildman–Crippen MR) is 74.4 cm³/mol. The van der Waals surface area contributed by atoms with Crippen LogP contribution in [0, 0.1) is 0 Å². The second-order valence-electron chi connectivity index (χ2n) is 3.15. The third kappa shape index (κ3) is 2.89. The van der Waals surface area contributed by atoms with Gasteiger partial charge >= 0.3 is 0 Å². The Labute approximate surface area is 123 Å². The first-order valence-electron chi connectivity index (χ1n) is 4.47. The van der Waals surface area contributed by atoms with Gasteiger partial charge in [0.2, 0.25) is 0 Å². The van der Waals surface area contributed by atoms with Crippen LogP contribution in [0.1, 0.15) is 0 Å². The topological polar surface area (TPSA) is 59.1 Å². The number of aromatic nitrogens is 1. The Kier molecular flexibility index (Phi) is 4.03. The molecule has 0 aromatic carbocycles. The zero-order valence-corrected chi connectivity index (χ0v) is 12.4. The molecule has 0 saturated carbocycles. The van der Waals surface area contributed by atoms with Gasteiger partial charge in [0, 0.05) is 6.20 Å². The highest BCUT2D eigenvalue weighted by atomic mass is 35.5. The maximum absolute atomic E-state index is 12.1. The number of pyridine rings is 1. The average molecular weight is 344 g/mol. The quantitative estimate of drug-likeness (QED) is 0.919. The van der Waals surface area contributed by atoms with Crippen molar-refractivity contribution in [2.24, 2.45) is 0 Å². The minimum Gasteiger partial charge on any atom is -0.276 e. The maximum atomic E-state index is 12.1. The number of hydrogen-bond donors (Lipinski definition) is 1. The lowest BCUT2D eigenvalue weighted by Gasteiger charge is -2.07. The molecule has 0 saturated heterocycles. The summed E-state index contributed by atoms with van der Waals surface area (Å²) in [7, 11) is -3.83. The van der Waals surface area contributed by atoms with Gasteiger partial charge in [-0.2, -0.15) is 0 Å². The molecule has 2 aromatic rings. The Hall–Kier alpha value is -0.530. The van der Waals surface area contributed by atoms with Crippen LogP contribution in [0.2, 0.25) is 13.7 Å². The van der Waals surface area contributed by atoms with Crippen LogP contribution in [0.25, 0.3) is 0 Å². The van der Waals surface area contributed by atoms with Crippen LogP contribution >= 0.6 is 46.1 Å². The Balaban J connectivity index is 2.40. The highest BCUT2D eigenvalue weighted by molar-refractivity contribution is 7.93. The van der Waals surface area contributed by atoms with Crippen molar-refractivity contribution < 1.29 is 8.42 Å². The van der Waals surface area contributed by atoms with E-state index in [4.69, 9.17) is 34.8 Å². The maximum Gasteiger partial charge on any atom is 0.264 e. The third-order valence-corrected chi connectivity index (χ3v) is 5.38. The molecule has 0 amide bonds. The number of hydrogen-bond acceptors (Lipinski definition) is 4. The summed E-state index contributed by atoms with van der Waals surface area (Å²) in [4.78, 5) is 3.70. The molecule has 96 valence electrons. The van der Waals surface area contributed by atoms with Crippen molar-refractivity contribution in [3.63, 3.8) is 0 Å². The van der Waals surface area contributed by atoms with E-state index in [2.05, 4.69) is 9.71 Å². The SMILES string of the molecule is O=S(=O)(Nc1cnccc1Cl)c1cc(Cl)sc1Cl. The molecule has 0 radical (unpaired) electrons. The summed E-state index contributed by atoms with van der Waals surface area (Å²) in [5, 5.41) is 0.242. The van der Waals surface area contributed by atoms with Crippen molar-refractivity contribution in [2.75, 3.05) is 4.72 Å². The minimum atomic E-state index is -3.83. The summed E-state index contributed by atoms with van der Waals surface area (Å²) < 4.78 is 26.8. The van der Waals surface area contributed by atoms with E-state index in [0.29, 0.717) is 0 Å². The van der Waals surface area contributed by atoms with Gasteiger partial charge < -0.3 is 0 Å². The Bertz CT molecular complexity index is 685. The molecular weight excluding hydrogens is 339 g/mol. The third-order valence-electron chi connectivity index (χ3n) is 1.93. The molecule has 4 nitrogen and oxygen atoms in total. The van der Waals surface area contributed by atoms with Crippen LogP contribution in [0.5, 0.6) is 0 Å².